The van der Waals surface area contributed by atoms with Gasteiger partial charge in [0.1, 0.15) is 6.29 Å². The normalized spacial score (nSPS) is 8.75. The number of methoxy groups -OCH3 is 1. The van der Waals surface area contributed by atoms with E-state index in [0.29, 0.717) is 12.2 Å². The molecule has 2 heteroatoms. The molecule has 0 fully saturated rings. The number of hydrogen-bond donors (Lipinski definition) is 0. The molecule has 0 heterocycles. The fourth-order valence-electron chi connectivity index (χ4n) is 0.923. The van der Waals surface area contributed by atoms with Crippen LogP contribution >= 0.6 is 0 Å². The lowest BCUT2D eigenvalue weighted by Crippen LogP contribution is -1.88. The van der Waals surface area contributed by atoms with Gasteiger partial charge in [-0.2, -0.15) is 0 Å². The monoisotopic (exact) mass is 166 g/mol. The molecule has 0 atom stereocenters. The maximum atomic E-state index is 10.3. The molecular weight excluding hydrogens is 152 g/mol. The van der Waals surface area contributed by atoms with E-state index in [2.05, 4.69) is 0 Å². The Hall–Kier alpha value is -1.15. The lowest BCUT2D eigenvalue weighted by atomic mass is 10.1. The highest BCUT2D eigenvalue weighted by molar-refractivity contribution is 5.74. The van der Waals surface area contributed by atoms with Crippen LogP contribution in [0.3, 0.4) is 0 Å². The minimum atomic E-state index is 0. The van der Waals surface area contributed by atoms with Crippen LogP contribution in [-0.4, -0.2) is 13.4 Å². The molecule has 0 aromatic heterocycles. The van der Waals surface area contributed by atoms with Gasteiger partial charge in [-0.25, -0.2) is 0 Å². The second-order valence-corrected chi connectivity index (χ2v) is 2.30. The van der Waals surface area contributed by atoms with Gasteiger partial charge in [-0.1, -0.05) is 25.6 Å². The highest BCUT2D eigenvalue weighted by atomic mass is 16.5. The lowest BCUT2D eigenvalue weighted by Gasteiger charge is -1.98. The number of aldehydes is 1. The molecule has 0 unspecified atom stereocenters. The van der Waals surface area contributed by atoms with Crippen molar-refractivity contribution in [2.45, 2.75) is 14.0 Å². The van der Waals surface area contributed by atoms with Crippen LogP contribution in [0.5, 0.6) is 0 Å². The number of ether oxygens (including phenoxy) is 1. The van der Waals surface area contributed by atoms with Gasteiger partial charge in [0.25, 0.3) is 0 Å². The van der Waals surface area contributed by atoms with Crippen molar-refractivity contribution in [3.05, 3.63) is 35.4 Å². The van der Waals surface area contributed by atoms with Crippen molar-refractivity contribution in [2.75, 3.05) is 7.11 Å². The number of hydrogen-bond acceptors (Lipinski definition) is 2. The lowest BCUT2D eigenvalue weighted by molar-refractivity contribution is 0.112. The van der Waals surface area contributed by atoms with Gasteiger partial charge >= 0.3 is 0 Å². The van der Waals surface area contributed by atoms with E-state index in [0.717, 1.165) is 11.8 Å². The molecule has 12 heavy (non-hydrogen) atoms. The fourth-order valence-corrected chi connectivity index (χ4v) is 0.923. The van der Waals surface area contributed by atoms with Crippen LogP contribution in [0, 0.1) is 0 Å². The summed E-state index contributed by atoms with van der Waals surface area (Å²) in [6, 6.07) is 7.36. The Labute approximate surface area is 73.2 Å². The van der Waals surface area contributed by atoms with Crippen LogP contribution in [0.4, 0.5) is 0 Å². The topological polar surface area (TPSA) is 26.3 Å². The molecule has 66 valence electrons. The number of carbonyl (C=O) groups is 1. The van der Waals surface area contributed by atoms with Gasteiger partial charge in [0.15, 0.2) is 0 Å². The van der Waals surface area contributed by atoms with Crippen LogP contribution in [0.1, 0.15) is 23.3 Å². The van der Waals surface area contributed by atoms with Crippen molar-refractivity contribution in [1.29, 1.82) is 0 Å². The first-order chi connectivity index (χ1) is 5.36. The van der Waals surface area contributed by atoms with E-state index in [4.69, 9.17) is 4.74 Å². The highest BCUT2D eigenvalue weighted by Gasteiger charge is 1.92. The first-order valence-corrected chi connectivity index (χ1v) is 3.40. The van der Waals surface area contributed by atoms with Crippen LogP contribution < -0.4 is 0 Å². The van der Waals surface area contributed by atoms with Gasteiger partial charge in [-0.15, -0.1) is 0 Å². The molecular formula is C10H14O2. The van der Waals surface area contributed by atoms with E-state index in [9.17, 15) is 4.79 Å². The molecule has 0 N–H and O–H groups in total. The van der Waals surface area contributed by atoms with Gasteiger partial charge in [0, 0.05) is 12.7 Å². The van der Waals surface area contributed by atoms with Crippen molar-refractivity contribution in [2.24, 2.45) is 0 Å². The van der Waals surface area contributed by atoms with E-state index < -0.39 is 0 Å². The Bertz CT molecular complexity index is 243. The third-order valence-electron chi connectivity index (χ3n) is 1.40. The summed E-state index contributed by atoms with van der Waals surface area (Å²) in [7, 11) is 1.63. The molecule has 1 rings (SSSR count). The number of rotatable bonds is 3. The average Bonchev–Trinajstić information content (AvgIpc) is 2.06. The summed E-state index contributed by atoms with van der Waals surface area (Å²) in [5.41, 5.74) is 1.72. The molecule has 0 aliphatic rings. The zero-order chi connectivity index (χ0) is 8.10. The molecule has 0 aliphatic heterocycles. The second kappa shape index (κ2) is 5.49. The summed E-state index contributed by atoms with van der Waals surface area (Å²) in [6.07, 6.45) is 0.832. The Morgan fingerprint density at radius 3 is 2.83 bits per heavy atom. The van der Waals surface area contributed by atoms with E-state index in [-0.39, 0.29) is 7.43 Å². The summed E-state index contributed by atoms with van der Waals surface area (Å²) in [5, 5.41) is 0. The van der Waals surface area contributed by atoms with Crippen molar-refractivity contribution < 1.29 is 9.53 Å². The van der Waals surface area contributed by atoms with Gasteiger partial charge in [0.2, 0.25) is 0 Å². The van der Waals surface area contributed by atoms with Crippen molar-refractivity contribution in [3.8, 4) is 0 Å². The third-order valence-corrected chi connectivity index (χ3v) is 1.40. The highest BCUT2D eigenvalue weighted by Crippen LogP contribution is 2.03. The fraction of sp³-hybridized carbons (Fsp3) is 0.300. The van der Waals surface area contributed by atoms with E-state index in [1.54, 1.807) is 13.2 Å². The maximum absolute atomic E-state index is 10.3. The third kappa shape index (κ3) is 2.84. The molecule has 1 aromatic rings. The van der Waals surface area contributed by atoms with Crippen LogP contribution in [0.15, 0.2) is 24.3 Å². The van der Waals surface area contributed by atoms with Crippen LogP contribution in [0.2, 0.25) is 0 Å². The Kier molecular flexibility index (Phi) is 4.97. The molecule has 0 spiro atoms. The minimum absolute atomic E-state index is 0. The predicted octanol–water partition coefficient (Wildman–Crippen LogP) is 2.28. The SMILES string of the molecule is C.COCc1cccc(C=O)c1. The molecule has 0 radical (unpaired) electrons. The predicted molar refractivity (Wildman–Crippen MR) is 49.3 cm³/mol. The van der Waals surface area contributed by atoms with Gasteiger partial charge in [0.05, 0.1) is 6.61 Å². The smallest absolute Gasteiger partial charge is 0.150 e. The zero-order valence-electron chi connectivity index (χ0n) is 6.41. The Morgan fingerprint density at radius 1 is 1.50 bits per heavy atom. The standard InChI is InChI=1S/C9H10O2.CH4/c1-11-7-9-4-2-3-8(5-9)6-10;/h2-6H,7H2,1H3;1H4. The van der Waals surface area contributed by atoms with E-state index in [1.165, 1.54) is 0 Å². The van der Waals surface area contributed by atoms with Gasteiger partial charge < -0.3 is 4.74 Å². The maximum Gasteiger partial charge on any atom is 0.150 e. The molecule has 0 bridgehead atoms. The summed E-state index contributed by atoms with van der Waals surface area (Å²) in [5.74, 6) is 0. The first kappa shape index (κ1) is 10.8. The molecule has 0 aliphatic carbocycles. The molecule has 1 aromatic carbocycles. The molecule has 2 nitrogen and oxygen atoms in total. The summed E-state index contributed by atoms with van der Waals surface area (Å²) in [4.78, 5) is 10.3. The van der Waals surface area contributed by atoms with Crippen LogP contribution in [0.25, 0.3) is 0 Å². The largest absolute Gasteiger partial charge is 0.380 e. The Morgan fingerprint density at radius 2 is 2.25 bits per heavy atom. The van der Waals surface area contributed by atoms with Crippen LogP contribution in [-0.2, 0) is 11.3 Å². The minimum Gasteiger partial charge on any atom is -0.380 e. The second-order valence-electron chi connectivity index (χ2n) is 2.30. The first-order valence-electron chi connectivity index (χ1n) is 3.40. The molecule has 0 saturated heterocycles. The van der Waals surface area contributed by atoms with Gasteiger partial charge in [-0.3, -0.25) is 4.79 Å². The molecule has 0 saturated carbocycles. The van der Waals surface area contributed by atoms with Crippen molar-refractivity contribution in [1.82, 2.24) is 0 Å². The molecule has 0 amide bonds. The summed E-state index contributed by atoms with van der Waals surface area (Å²) in [6.45, 7) is 0.557. The van der Waals surface area contributed by atoms with Crippen molar-refractivity contribution >= 4 is 6.29 Å². The number of benzene rings is 1. The van der Waals surface area contributed by atoms with E-state index in [1.807, 2.05) is 18.2 Å². The van der Waals surface area contributed by atoms with E-state index >= 15 is 0 Å². The summed E-state index contributed by atoms with van der Waals surface area (Å²) >= 11 is 0. The Balaban J connectivity index is 0.00000121. The van der Waals surface area contributed by atoms with Gasteiger partial charge in [-0.05, 0) is 11.6 Å². The average molecular weight is 166 g/mol. The summed E-state index contributed by atoms with van der Waals surface area (Å²) < 4.78 is 4.91. The quantitative estimate of drug-likeness (QED) is 0.644. The zero-order valence-corrected chi connectivity index (χ0v) is 6.41. The van der Waals surface area contributed by atoms with Crippen molar-refractivity contribution in [3.63, 3.8) is 0 Å². The number of carbonyl (C=O) groups excluding carboxylic acids is 1.